The van der Waals surface area contributed by atoms with Crippen LogP contribution in [0.2, 0.25) is 0 Å². The molecular formula is C16H8Br2S. The predicted octanol–water partition coefficient (Wildman–Crippen LogP) is 6.73. The average Bonchev–Trinajstić information content (AvgIpc) is 2.76. The van der Waals surface area contributed by atoms with Gasteiger partial charge in [-0.25, -0.2) is 0 Å². The van der Waals surface area contributed by atoms with E-state index in [0.29, 0.717) is 0 Å². The van der Waals surface area contributed by atoms with Crippen LogP contribution < -0.4 is 0 Å². The van der Waals surface area contributed by atoms with Crippen molar-refractivity contribution in [2.24, 2.45) is 0 Å². The first kappa shape index (κ1) is 11.9. The second-order valence-corrected chi connectivity index (χ2v) is 7.46. The number of halogens is 2. The fraction of sp³-hybridized carbons (Fsp3) is 0. The predicted molar refractivity (Wildman–Crippen MR) is 92.2 cm³/mol. The molecule has 0 N–H and O–H groups in total. The number of benzene rings is 3. The van der Waals surface area contributed by atoms with E-state index in [0.717, 1.165) is 8.95 Å². The van der Waals surface area contributed by atoms with Crippen molar-refractivity contribution < 1.29 is 0 Å². The highest BCUT2D eigenvalue weighted by Crippen LogP contribution is 2.39. The number of hydrogen-bond acceptors (Lipinski definition) is 1. The van der Waals surface area contributed by atoms with Crippen molar-refractivity contribution in [3.63, 3.8) is 0 Å². The van der Waals surface area contributed by atoms with Gasteiger partial charge >= 0.3 is 0 Å². The third kappa shape index (κ3) is 1.83. The van der Waals surface area contributed by atoms with Crippen LogP contribution in [0.1, 0.15) is 0 Å². The Kier molecular flexibility index (Phi) is 2.69. The lowest BCUT2D eigenvalue weighted by molar-refractivity contribution is 1.74. The van der Waals surface area contributed by atoms with E-state index in [-0.39, 0.29) is 0 Å². The first-order valence-corrected chi connectivity index (χ1v) is 8.33. The quantitative estimate of drug-likeness (QED) is 0.311. The van der Waals surface area contributed by atoms with Crippen molar-refractivity contribution in [2.45, 2.75) is 0 Å². The Morgan fingerprint density at radius 3 is 2.32 bits per heavy atom. The van der Waals surface area contributed by atoms with Crippen LogP contribution in [0.3, 0.4) is 0 Å². The Morgan fingerprint density at radius 2 is 1.42 bits per heavy atom. The summed E-state index contributed by atoms with van der Waals surface area (Å²) >= 11 is 8.98. The first-order valence-electron chi connectivity index (χ1n) is 5.92. The fourth-order valence-corrected chi connectivity index (χ4v) is 4.39. The molecule has 4 rings (SSSR count). The molecule has 0 spiro atoms. The summed E-state index contributed by atoms with van der Waals surface area (Å²) in [7, 11) is 0. The number of thiophene rings is 1. The van der Waals surface area contributed by atoms with E-state index in [1.807, 2.05) is 11.3 Å². The molecule has 0 unspecified atom stereocenters. The summed E-state index contributed by atoms with van der Waals surface area (Å²) in [5.74, 6) is 0. The standard InChI is InChI=1S/C16H8Br2S/c17-10-2-4-12-9(7-10)1-5-15-16(12)13-8-11(18)3-6-14(13)19-15/h1-8H. The largest absolute Gasteiger partial charge is 0.135 e. The van der Waals surface area contributed by atoms with Gasteiger partial charge < -0.3 is 0 Å². The molecule has 1 heterocycles. The minimum atomic E-state index is 1.13. The van der Waals surface area contributed by atoms with Crippen LogP contribution in [0.25, 0.3) is 30.9 Å². The summed E-state index contributed by atoms with van der Waals surface area (Å²) < 4.78 is 4.95. The zero-order valence-electron chi connectivity index (χ0n) is 9.78. The van der Waals surface area contributed by atoms with E-state index in [1.54, 1.807) is 0 Å². The second-order valence-electron chi connectivity index (χ2n) is 4.55. The number of hydrogen-bond donors (Lipinski definition) is 0. The zero-order chi connectivity index (χ0) is 13.0. The molecular weight excluding hydrogens is 384 g/mol. The molecule has 3 aromatic carbocycles. The number of fused-ring (bicyclic) bond motifs is 5. The summed E-state index contributed by atoms with van der Waals surface area (Å²) in [6.45, 7) is 0. The Labute approximate surface area is 131 Å². The molecule has 0 aliphatic heterocycles. The molecule has 0 nitrogen and oxygen atoms in total. The molecule has 0 saturated heterocycles. The van der Waals surface area contributed by atoms with Crippen LogP contribution in [0.4, 0.5) is 0 Å². The van der Waals surface area contributed by atoms with Crippen LogP contribution in [-0.2, 0) is 0 Å². The van der Waals surface area contributed by atoms with Gasteiger partial charge in [-0.05, 0) is 47.2 Å². The fourth-order valence-electron chi connectivity index (χ4n) is 2.55. The van der Waals surface area contributed by atoms with Crippen LogP contribution in [0.15, 0.2) is 57.5 Å². The summed E-state index contributed by atoms with van der Waals surface area (Å²) in [6, 6.07) is 17.4. The van der Waals surface area contributed by atoms with Gasteiger partial charge in [-0.1, -0.05) is 44.0 Å². The van der Waals surface area contributed by atoms with Gasteiger partial charge in [-0.2, -0.15) is 0 Å². The van der Waals surface area contributed by atoms with Crippen LogP contribution in [-0.4, -0.2) is 0 Å². The molecule has 92 valence electrons. The first-order chi connectivity index (χ1) is 9.22. The highest BCUT2D eigenvalue weighted by Gasteiger charge is 2.09. The van der Waals surface area contributed by atoms with E-state index < -0.39 is 0 Å². The van der Waals surface area contributed by atoms with Crippen LogP contribution in [0, 0.1) is 0 Å². The van der Waals surface area contributed by atoms with Crippen molar-refractivity contribution in [3.8, 4) is 0 Å². The van der Waals surface area contributed by atoms with E-state index >= 15 is 0 Å². The van der Waals surface area contributed by atoms with Crippen molar-refractivity contribution >= 4 is 74.1 Å². The molecule has 0 radical (unpaired) electrons. The van der Waals surface area contributed by atoms with Gasteiger partial charge in [0, 0.05) is 29.1 Å². The van der Waals surface area contributed by atoms with E-state index in [1.165, 1.54) is 30.9 Å². The molecule has 0 fully saturated rings. The van der Waals surface area contributed by atoms with Gasteiger partial charge in [0.2, 0.25) is 0 Å². The number of rotatable bonds is 0. The zero-order valence-corrected chi connectivity index (χ0v) is 13.8. The molecule has 4 aromatic rings. The van der Waals surface area contributed by atoms with Crippen molar-refractivity contribution in [1.29, 1.82) is 0 Å². The van der Waals surface area contributed by atoms with Crippen molar-refractivity contribution in [1.82, 2.24) is 0 Å². The smallest absolute Gasteiger partial charge is 0.0361 e. The van der Waals surface area contributed by atoms with Gasteiger partial charge in [-0.3, -0.25) is 0 Å². The molecule has 0 aliphatic carbocycles. The summed E-state index contributed by atoms with van der Waals surface area (Å²) in [6.07, 6.45) is 0. The Morgan fingerprint density at radius 1 is 0.684 bits per heavy atom. The van der Waals surface area contributed by atoms with Crippen LogP contribution >= 0.6 is 43.2 Å². The lowest BCUT2D eigenvalue weighted by Gasteiger charge is -2.01. The average molecular weight is 392 g/mol. The minimum Gasteiger partial charge on any atom is -0.135 e. The Hall–Kier alpha value is -0.900. The maximum absolute atomic E-state index is 3.58. The lowest BCUT2D eigenvalue weighted by atomic mass is 10.0. The molecule has 1 aromatic heterocycles. The molecule has 0 saturated carbocycles. The van der Waals surface area contributed by atoms with Crippen molar-refractivity contribution in [2.75, 3.05) is 0 Å². The molecule has 0 aliphatic rings. The van der Waals surface area contributed by atoms with Crippen molar-refractivity contribution in [3.05, 3.63) is 57.5 Å². The van der Waals surface area contributed by atoms with Gasteiger partial charge in [-0.15, -0.1) is 11.3 Å². The van der Waals surface area contributed by atoms with Gasteiger partial charge in [0.25, 0.3) is 0 Å². The SMILES string of the molecule is Brc1ccc2c(ccc3sc4ccc(Br)cc4c32)c1. The molecule has 3 heteroatoms. The summed E-state index contributed by atoms with van der Waals surface area (Å²) in [4.78, 5) is 0. The third-order valence-corrected chi connectivity index (χ3v) is 5.50. The van der Waals surface area contributed by atoms with E-state index in [9.17, 15) is 0 Å². The Balaban J connectivity index is 2.30. The lowest BCUT2D eigenvalue weighted by Crippen LogP contribution is -1.75. The van der Waals surface area contributed by atoms with E-state index in [4.69, 9.17) is 0 Å². The third-order valence-electron chi connectivity index (χ3n) is 3.37. The van der Waals surface area contributed by atoms with Gasteiger partial charge in [0.1, 0.15) is 0 Å². The molecule has 0 bridgehead atoms. The maximum Gasteiger partial charge on any atom is 0.0361 e. The summed E-state index contributed by atoms with van der Waals surface area (Å²) in [5.41, 5.74) is 0. The second kappa shape index (κ2) is 4.30. The maximum atomic E-state index is 3.58. The monoisotopic (exact) mass is 390 g/mol. The topological polar surface area (TPSA) is 0 Å². The molecule has 0 amide bonds. The molecule has 0 atom stereocenters. The Bertz CT molecular complexity index is 938. The molecule has 19 heavy (non-hydrogen) atoms. The highest BCUT2D eigenvalue weighted by atomic mass is 79.9. The minimum absolute atomic E-state index is 1.13. The van der Waals surface area contributed by atoms with Crippen LogP contribution in [0.5, 0.6) is 0 Å². The normalized spacial score (nSPS) is 11.7. The highest BCUT2D eigenvalue weighted by molar-refractivity contribution is 9.10. The summed E-state index contributed by atoms with van der Waals surface area (Å²) in [5, 5.41) is 5.31. The van der Waals surface area contributed by atoms with Gasteiger partial charge in [0.15, 0.2) is 0 Å². The van der Waals surface area contributed by atoms with Gasteiger partial charge in [0.05, 0.1) is 0 Å². The van der Waals surface area contributed by atoms with E-state index in [2.05, 4.69) is 80.4 Å².